The third kappa shape index (κ3) is 5.85. The number of alkyl carbamates (subject to hydrolysis) is 1. The van der Waals surface area contributed by atoms with Gasteiger partial charge in [-0.3, -0.25) is 4.79 Å². The minimum atomic E-state index is -1.07. The van der Waals surface area contributed by atoms with Gasteiger partial charge in [0, 0.05) is 6.54 Å². The Morgan fingerprint density at radius 1 is 1.17 bits per heavy atom. The van der Waals surface area contributed by atoms with Crippen molar-refractivity contribution in [1.82, 2.24) is 15.8 Å². The molecule has 1 aliphatic carbocycles. The fourth-order valence-corrected chi connectivity index (χ4v) is 3.41. The lowest BCUT2D eigenvalue weighted by Crippen LogP contribution is -2.57. The summed E-state index contributed by atoms with van der Waals surface area (Å²) in [6, 6.07) is 9.34. The molecule has 1 heterocycles. The average molecular weight is 403 g/mol. The van der Waals surface area contributed by atoms with Crippen molar-refractivity contribution in [2.75, 3.05) is 6.54 Å². The van der Waals surface area contributed by atoms with Gasteiger partial charge in [0.2, 0.25) is 0 Å². The average Bonchev–Trinajstić information content (AvgIpc) is 3.40. The fourth-order valence-electron chi connectivity index (χ4n) is 3.41. The molecule has 8 nitrogen and oxygen atoms in total. The van der Waals surface area contributed by atoms with Crippen LogP contribution in [0, 0.1) is 5.92 Å². The number of carbonyl (C=O) groups excluding carboxylic acids is 3. The third-order valence-electron chi connectivity index (χ3n) is 4.93. The Kier molecular flexibility index (Phi) is 6.00. The van der Waals surface area contributed by atoms with Crippen LogP contribution in [0.15, 0.2) is 30.3 Å². The molecule has 3 rings (SSSR count). The summed E-state index contributed by atoms with van der Waals surface area (Å²) in [5.74, 6) is 0.0572. The minimum absolute atomic E-state index is 0.125. The predicted octanol–water partition coefficient (Wildman–Crippen LogP) is 3.12. The lowest BCUT2D eigenvalue weighted by molar-refractivity contribution is -0.136. The van der Waals surface area contributed by atoms with Crippen LogP contribution in [-0.2, 0) is 20.9 Å². The van der Waals surface area contributed by atoms with Gasteiger partial charge in [0.1, 0.15) is 17.7 Å². The maximum atomic E-state index is 13.1. The van der Waals surface area contributed by atoms with Crippen molar-refractivity contribution in [3.05, 3.63) is 35.9 Å². The molecule has 2 N–H and O–H groups in total. The van der Waals surface area contributed by atoms with Gasteiger partial charge in [0.25, 0.3) is 5.91 Å². The molecule has 1 aromatic rings. The second-order valence-corrected chi connectivity index (χ2v) is 8.74. The summed E-state index contributed by atoms with van der Waals surface area (Å²) < 4.78 is 10.5. The van der Waals surface area contributed by atoms with Crippen LogP contribution in [0.3, 0.4) is 0 Å². The van der Waals surface area contributed by atoms with E-state index in [4.69, 9.17) is 9.47 Å². The molecule has 2 fully saturated rings. The first-order valence-electron chi connectivity index (χ1n) is 9.97. The van der Waals surface area contributed by atoms with E-state index in [1.54, 1.807) is 20.8 Å². The molecule has 0 radical (unpaired) electrons. The Balaban J connectivity index is 1.61. The van der Waals surface area contributed by atoms with Crippen LogP contribution in [-0.4, -0.2) is 40.8 Å². The number of carbonyl (C=O) groups is 3. The molecule has 1 aliphatic heterocycles. The first kappa shape index (κ1) is 21.0. The van der Waals surface area contributed by atoms with E-state index in [0.29, 0.717) is 25.3 Å². The van der Waals surface area contributed by atoms with Gasteiger partial charge in [-0.15, -0.1) is 0 Å². The SMILES string of the molecule is CC(C)(C)OC(=O)NN1CC[C@@](CC2CC2)(NC(=O)OCc2ccccc2)C1=O. The molecule has 1 saturated heterocycles. The van der Waals surface area contributed by atoms with E-state index in [1.165, 1.54) is 5.01 Å². The van der Waals surface area contributed by atoms with E-state index >= 15 is 0 Å². The van der Waals surface area contributed by atoms with Crippen LogP contribution in [0.25, 0.3) is 0 Å². The Morgan fingerprint density at radius 2 is 1.86 bits per heavy atom. The molecule has 0 unspecified atom stereocenters. The molecular formula is C21H29N3O5. The van der Waals surface area contributed by atoms with Crippen LogP contribution < -0.4 is 10.7 Å². The lowest BCUT2D eigenvalue weighted by atomic mass is 9.91. The predicted molar refractivity (Wildman–Crippen MR) is 106 cm³/mol. The summed E-state index contributed by atoms with van der Waals surface area (Å²) in [7, 11) is 0. The molecule has 3 amide bonds. The van der Waals surface area contributed by atoms with Crippen molar-refractivity contribution in [3.63, 3.8) is 0 Å². The molecule has 0 aromatic heterocycles. The van der Waals surface area contributed by atoms with Crippen LogP contribution in [0.1, 0.15) is 52.0 Å². The van der Waals surface area contributed by atoms with Crippen molar-refractivity contribution < 1.29 is 23.9 Å². The Morgan fingerprint density at radius 3 is 2.48 bits per heavy atom. The molecule has 2 aliphatic rings. The summed E-state index contributed by atoms with van der Waals surface area (Å²) in [6.07, 6.45) is 1.68. The summed E-state index contributed by atoms with van der Waals surface area (Å²) in [4.78, 5) is 37.6. The standard InChI is InChI=1S/C21H29N3O5/c1-20(2,3)29-19(27)23-24-12-11-21(17(24)25,13-15-9-10-15)22-18(26)28-14-16-7-5-4-6-8-16/h4-8,15H,9-14H2,1-3H3,(H,22,26)(H,23,27)/t21-/m0/s1. The molecule has 0 spiro atoms. The minimum Gasteiger partial charge on any atom is -0.445 e. The number of amides is 3. The van der Waals surface area contributed by atoms with Crippen molar-refractivity contribution >= 4 is 18.1 Å². The molecule has 1 aromatic carbocycles. The molecule has 158 valence electrons. The van der Waals surface area contributed by atoms with Crippen molar-refractivity contribution in [1.29, 1.82) is 0 Å². The van der Waals surface area contributed by atoms with Crippen LogP contribution >= 0.6 is 0 Å². The zero-order chi connectivity index (χ0) is 21.1. The highest BCUT2D eigenvalue weighted by atomic mass is 16.6. The van der Waals surface area contributed by atoms with E-state index in [2.05, 4.69) is 10.7 Å². The van der Waals surface area contributed by atoms with Gasteiger partial charge in [-0.05, 0) is 45.1 Å². The van der Waals surface area contributed by atoms with E-state index in [0.717, 1.165) is 18.4 Å². The van der Waals surface area contributed by atoms with Crippen LogP contribution in [0.5, 0.6) is 0 Å². The van der Waals surface area contributed by atoms with Gasteiger partial charge >= 0.3 is 12.2 Å². The van der Waals surface area contributed by atoms with Crippen LogP contribution in [0.2, 0.25) is 0 Å². The Hall–Kier alpha value is -2.77. The molecule has 29 heavy (non-hydrogen) atoms. The van der Waals surface area contributed by atoms with Crippen molar-refractivity contribution in [2.24, 2.45) is 5.92 Å². The quantitative estimate of drug-likeness (QED) is 0.761. The van der Waals surface area contributed by atoms with Gasteiger partial charge in [0.05, 0.1) is 0 Å². The molecule has 0 bridgehead atoms. The summed E-state index contributed by atoms with van der Waals surface area (Å²) >= 11 is 0. The number of hydrogen-bond acceptors (Lipinski definition) is 5. The second kappa shape index (κ2) is 8.31. The topological polar surface area (TPSA) is 97.0 Å². The maximum absolute atomic E-state index is 13.1. The molecule has 8 heteroatoms. The number of benzene rings is 1. The first-order valence-corrected chi connectivity index (χ1v) is 9.97. The first-order chi connectivity index (χ1) is 13.7. The number of nitrogens with one attached hydrogen (secondary N) is 2. The van der Waals surface area contributed by atoms with Gasteiger partial charge < -0.3 is 14.8 Å². The highest BCUT2D eigenvalue weighted by molar-refractivity contribution is 5.92. The van der Waals surface area contributed by atoms with Gasteiger partial charge in [-0.1, -0.05) is 43.2 Å². The molecule has 1 atom stereocenters. The Bertz CT molecular complexity index is 757. The van der Waals surface area contributed by atoms with Gasteiger partial charge in [-0.2, -0.15) is 0 Å². The largest absolute Gasteiger partial charge is 0.445 e. The van der Waals surface area contributed by atoms with E-state index < -0.39 is 23.3 Å². The molecule has 1 saturated carbocycles. The van der Waals surface area contributed by atoms with E-state index in [1.807, 2.05) is 30.3 Å². The number of rotatable bonds is 6. The third-order valence-corrected chi connectivity index (χ3v) is 4.93. The smallest absolute Gasteiger partial charge is 0.426 e. The number of ether oxygens (including phenoxy) is 2. The highest BCUT2D eigenvalue weighted by Gasteiger charge is 2.51. The van der Waals surface area contributed by atoms with Crippen molar-refractivity contribution in [3.8, 4) is 0 Å². The lowest BCUT2D eigenvalue weighted by Gasteiger charge is -2.29. The fraction of sp³-hybridized carbons (Fsp3) is 0.571. The molecular weight excluding hydrogens is 374 g/mol. The maximum Gasteiger partial charge on any atom is 0.426 e. The summed E-state index contributed by atoms with van der Waals surface area (Å²) in [5, 5.41) is 4.02. The van der Waals surface area contributed by atoms with Crippen molar-refractivity contribution in [2.45, 2.75) is 64.2 Å². The van der Waals surface area contributed by atoms with Gasteiger partial charge in [-0.25, -0.2) is 20.0 Å². The Labute approximate surface area is 170 Å². The highest BCUT2D eigenvalue weighted by Crippen LogP contribution is 2.40. The zero-order valence-corrected chi connectivity index (χ0v) is 17.2. The monoisotopic (exact) mass is 403 g/mol. The summed E-state index contributed by atoms with van der Waals surface area (Å²) in [5.41, 5.74) is 1.63. The number of nitrogens with zero attached hydrogens (tertiary/aromatic N) is 1. The second-order valence-electron chi connectivity index (χ2n) is 8.74. The normalized spacial score (nSPS) is 21.6. The van der Waals surface area contributed by atoms with E-state index in [-0.39, 0.29) is 12.5 Å². The van der Waals surface area contributed by atoms with Crippen LogP contribution in [0.4, 0.5) is 9.59 Å². The number of hydrazine groups is 1. The zero-order valence-electron chi connectivity index (χ0n) is 17.2. The summed E-state index contributed by atoms with van der Waals surface area (Å²) in [6.45, 7) is 5.67. The van der Waals surface area contributed by atoms with E-state index in [9.17, 15) is 14.4 Å². The van der Waals surface area contributed by atoms with Gasteiger partial charge in [0.15, 0.2) is 0 Å². The number of hydrogen-bond donors (Lipinski definition) is 2.